The zero-order valence-corrected chi connectivity index (χ0v) is 19.0. The first kappa shape index (κ1) is 22.0. The van der Waals surface area contributed by atoms with Crippen LogP contribution in [0.2, 0.25) is 5.02 Å². The summed E-state index contributed by atoms with van der Waals surface area (Å²) in [4.78, 5) is 2.24. The molecule has 2 aromatic carbocycles. The van der Waals surface area contributed by atoms with Gasteiger partial charge in [-0.3, -0.25) is 0 Å². The fourth-order valence-electron chi connectivity index (χ4n) is 3.69. The van der Waals surface area contributed by atoms with E-state index in [2.05, 4.69) is 75.1 Å². The second-order valence-electron chi connectivity index (χ2n) is 8.53. The zero-order chi connectivity index (χ0) is 21.0. The number of hydrogen-bond donors (Lipinski definition) is 0. The highest BCUT2D eigenvalue weighted by molar-refractivity contribution is 6.31. The lowest BCUT2D eigenvalue weighted by Gasteiger charge is -2.42. The molecule has 3 atom stereocenters. The van der Waals surface area contributed by atoms with Crippen LogP contribution >= 0.6 is 23.2 Å². The predicted molar refractivity (Wildman–Crippen MR) is 123 cm³/mol. The number of allylic oxidation sites excluding steroid dienone is 2. The SMILES string of the molecule is CC(C(Cc1ccc(Cl)cc1)c1ccccc1)N1C=C(Cl)C=CC1OC(C)(C)C. The van der Waals surface area contributed by atoms with E-state index in [1.807, 2.05) is 30.5 Å². The van der Waals surface area contributed by atoms with Gasteiger partial charge >= 0.3 is 0 Å². The lowest BCUT2D eigenvalue weighted by Crippen LogP contribution is -2.46. The molecule has 1 heterocycles. The van der Waals surface area contributed by atoms with Gasteiger partial charge in [0.1, 0.15) is 6.23 Å². The first-order valence-corrected chi connectivity index (χ1v) is 10.8. The Morgan fingerprint density at radius 3 is 2.28 bits per heavy atom. The van der Waals surface area contributed by atoms with Crippen molar-refractivity contribution in [2.45, 2.75) is 57.9 Å². The quantitative estimate of drug-likeness (QED) is 0.483. The van der Waals surface area contributed by atoms with Crippen LogP contribution in [0.25, 0.3) is 0 Å². The summed E-state index contributed by atoms with van der Waals surface area (Å²) in [5.41, 5.74) is 2.29. The van der Waals surface area contributed by atoms with Crippen molar-refractivity contribution in [3.63, 3.8) is 0 Å². The molecule has 0 saturated heterocycles. The van der Waals surface area contributed by atoms with Crippen LogP contribution in [0.3, 0.4) is 0 Å². The second kappa shape index (κ2) is 9.38. The van der Waals surface area contributed by atoms with Crippen LogP contribution in [0, 0.1) is 0 Å². The van der Waals surface area contributed by atoms with Crippen LogP contribution in [0.5, 0.6) is 0 Å². The van der Waals surface area contributed by atoms with Crippen LogP contribution in [-0.2, 0) is 11.2 Å². The van der Waals surface area contributed by atoms with Gasteiger partial charge in [-0.1, -0.05) is 65.7 Å². The van der Waals surface area contributed by atoms with Crippen LogP contribution in [-0.4, -0.2) is 22.8 Å². The van der Waals surface area contributed by atoms with Crippen LogP contribution < -0.4 is 0 Å². The highest BCUT2D eigenvalue weighted by atomic mass is 35.5. The highest BCUT2D eigenvalue weighted by Gasteiger charge is 2.31. The largest absolute Gasteiger partial charge is 0.349 e. The van der Waals surface area contributed by atoms with E-state index in [-0.39, 0.29) is 23.8 Å². The molecular weight excluding hydrogens is 401 g/mol. The van der Waals surface area contributed by atoms with E-state index >= 15 is 0 Å². The lowest BCUT2D eigenvalue weighted by molar-refractivity contribution is -0.106. The van der Waals surface area contributed by atoms with Crippen molar-refractivity contribution in [3.05, 3.63) is 94.1 Å². The summed E-state index contributed by atoms with van der Waals surface area (Å²) in [6, 6.07) is 18.9. The van der Waals surface area contributed by atoms with Crippen LogP contribution in [0.1, 0.15) is 44.7 Å². The van der Waals surface area contributed by atoms with Crippen LogP contribution in [0.4, 0.5) is 0 Å². The van der Waals surface area contributed by atoms with Gasteiger partial charge in [0.25, 0.3) is 0 Å². The van der Waals surface area contributed by atoms with Gasteiger partial charge in [-0.25, -0.2) is 0 Å². The molecule has 29 heavy (non-hydrogen) atoms. The Morgan fingerprint density at radius 2 is 1.66 bits per heavy atom. The average Bonchev–Trinajstić information content (AvgIpc) is 2.68. The first-order chi connectivity index (χ1) is 13.7. The Labute approximate surface area is 184 Å². The summed E-state index contributed by atoms with van der Waals surface area (Å²) >= 11 is 12.5. The zero-order valence-electron chi connectivity index (χ0n) is 17.5. The Morgan fingerprint density at radius 1 is 1.00 bits per heavy atom. The number of rotatable bonds is 6. The number of benzene rings is 2. The Hall–Kier alpha value is -1.74. The van der Waals surface area contributed by atoms with Gasteiger partial charge in [0.15, 0.2) is 0 Å². The minimum atomic E-state index is -0.261. The lowest BCUT2D eigenvalue weighted by atomic mass is 9.85. The molecular formula is C25H29Cl2NO. The fourth-order valence-corrected chi connectivity index (χ4v) is 4.01. The van der Waals surface area contributed by atoms with Gasteiger partial charge in [0.05, 0.1) is 10.6 Å². The monoisotopic (exact) mass is 429 g/mol. The van der Waals surface area contributed by atoms with Gasteiger partial charge in [-0.05, 0) is 69.5 Å². The maximum Gasteiger partial charge on any atom is 0.150 e. The molecule has 0 saturated carbocycles. The maximum atomic E-state index is 6.38. The van der Waals surface area contributed by atoms with Crippen molar-refractivity contribution in [1.29, 1.82) is 0 Å². The predicted octanol–water partition coefficient (Wildman–Crippen LogP) is 7.15. The van der Waals surface area contributed by atoms with E-state index in [0.29, 0.717) is 5.03 Å². The third-order valence-electron chi connectivity index (χ3n) is 5.11. The summed E-state index contributed by atoms with van der Waals surface area (Å²) < 4.78 is 6.33. The molecule has 0 aliphatic carbocycles. The van der Waals surface area contributed by atoms with Gasteiger partial charge < -0.3 is 9.64 Å². The number of ether oxygens (including phenoxy) is 1. The normalized spacial score (nSPS) is 19.0. The summed E-state index contributed by atoms with van der Waals surface area (Å²) in [7, 11) is 0. The molecule has 154 valence electrons. The Kier molecular flexibility index (Phi) is 7.10. The first-order valence-electron chi connectivity index (χ1n) is 10.0. The van der Waals surface area contributed by atoms with E-state index in [1.54, 1.807) is 0 Å². The maximum absolute atomic E-state index is 6.38. The molecule has 4 heteroatoms. The smallest absolute Gasteiger partial charge is 0.150 e. The van der Waals surface area contributed by atoms with Crippen molar-refractivity contribution in [2.24, 2.45) is 0 Å². The van der Waals surface area contributed by atoms with Crippen LogP contribution in [0.15, 0.2) is 78.0 Å². The molecule has 3 unspecified atom stereocenters. The minimum Gasteiger partial charge on any atom is -0.349 e. The molecule has 2 aromatic rings. The van der Waals surface area contributed by atoms with E-state index in [4.69, 9.17) is 27.9 Å². The molecule has 0 bridgehead atoms. The van der Waals surface area contributed by atoms with E-state index < -0.39 is 0 Å². The van der Waals surface area contributed by atoms with Crippen molar-refractivity contribution in [2.75, 3.05) is 0 Å². The standard InChI is InChI=1S/C25H29Cl2NO/c1-18(28-17-22(27)14-15-24(28)29-25(2,3)4)23(20-8-6-5-7-9-20)16-19-10-12-21(26)13-11-19/h5-15,17-18,23-24H,16H2,1-4H3. The fraction of sp³-hybridized carbons (Fsp3) is 0.360. The van der Waals surface area contributed by atoms with Gasteiger partial charge in [-0.2, -0.15) is 0 Å². The molecule has 1 aliphatic rings. The van der Waals surface area contributed by atoms with E-state index in [1.165, 1.54) is 11.1 Å². The minimum absolute atomic E-state index is 0.163. The number of halogens is 2. The topological polar surface area (TPSA) is 12.5 Å². The average molecular weight is 430 g/mol. The molecule has 0 fully saturated rings. The Bertz CT molecular complexity index is 853. The summed E-state index contributed by atoms with van der Waals surface area (Å²) in [6.45, 7) is 8.47. The van der Waals surface area contributed by atoms with Crippen molar-refractivity contribution < 1.29 is 4.74 Å². The molecule has 3 rings (SSSR count). The molecule has 2 nitrogen and oxygen atoms in total. The molecule has 0 radical (unpaired) electrons. The summed E-state index contributed by atoms with van der Waals surface area (Å²) in [6.07, 6.45) is 6.69. The molecule has 0 N–H and O–H groups in total. The molecule has 1 aliphatic heterocycles. The van der Waals surface area contributed by atoms with Gasteiger partial charge in [0, 0.05) is 23.2 Å². The third-order valence-corrected chi connectivity index (χ3v) is 5.59. The number of nitrogens with zero attached hydrogens (tertiary/aromatic N) is 1. The van der Waals surface area contributed by atoms with Crippen molar-refractivity contribution >= 4 is 23.2 Å². The second-order valence-corrected chi connectivity index (χ2v) is 9.40. The highest BCUT2D eigenvalue weighted by Crippen LogP contribution is 2.33. The number of hydrogen-bond acceptors (Lipinski definition) is 2. The van der Waals surface area contributed by atoms with E-state index in [9.17, 15) is 0 Å². The van der Waals surface area contributed by atoms with Crippen molar-refractivity contribution in [1.82, 2.24) is 4.90 Å². The summed E-state index contributed by atoms with van der Waals surface area (Å²) in [5.74, 6) is 0.260. The molecule has 0 amide bonds. The van der Waals surface area contributed by atoms with Crippen molar-refractivity contribution in [3.8, 4) is 0 Å². The van der Waals surface area contributed by atoms with Gasteiger partial charge in [-0.15, -0.1) is 0 Å². The third kappa shape index (κ3) is 6.12. The van der Waals surface area contributed by atoms with E-state index in [0.717, 1.165) is 11.4 Å². The summed E-state index contributed by atoms with van der Waals surface area (Å²) in [5, 5.41) is 1.47. The Balaban J connectivity index is 1.92. The molecule has 0 aromatic heterocycles. The molecule has 0 spiro atoms. The van der Waals surface area contributed by atoms with Gasteiger partial charge in [0.2, 0.25) is 0 Å².